The Hall–Kier alpha value is -3.61. The molecule has 0 atom stereocenters. The fraction of sp³-hybridized carbons (Fsp3) is 0.346. The minimum absolute atomic E-state index is 0.0102. The van der Waals surface area contributed by atoms with Gasteiger partial charge in [-0.1, -0.05) is 12.1 Å². The summed E-state index contributed by atoms with van der Waals surface area (Å²) in [7, 11) is 0. The van der Waals surface area contributed by atoms with Gasteiger partial charge >= 0.3 is 5.97 Å². The summed E-state index contributed by atoms with van der Waals surface area (Å²) in [5.74, 6) is -0.0102. The first kappa shape index (κ1) is 20.0. The highest BCUT2D eigenvalue weighted by Gasteiger charge is 2.47. The highest BCUT2D eigenvalue weighted by atomic mass is 16.5. The third-order valence-corrected chi connectivity index (χ3v) is 7.18. The molecule has 6 rings (SSSR count). The maximum absolute atomic E-state index is 12.3. The van der Waals surface area contributed by atoms with Crippen molar-refractivity contribution in [2.24, 2.45) is 5.41 Å². The van der Waals surface area contributed by atoms with Crippen molar-refractivity contribution in [3.8, 4) is 22.5 Å². The van der Waals surface area contributed by atoms with Gasteiger partial charge in [-0.25, -0.2) is 0 Å². The van der Waals surface area contributed by atoms with Crippen molar-refractivity contribution in [1.82, 2.24) is 24.7 Å². The van der Waals surface area contributed by atoms with Crippen LogP contribution in [0.3, 0.4) is 0 Å². The zero-order valence-electron chi connectivity index (χ0n) is 18.6. The number of esters is 1. The molecule has 1 aliphatic carbocycles. The predicted octanol–water partition coefficient (Wildman–Crippen LogP) is 4.91. The standard InChI is InChI=1S/C26H25N5O2/c1-17-3-2-4-22(29-17)24-20(18-5-6-21-23(15-18)28-13-12-27-21)16-31(30-24)19-7-9-26(10-8-19)11-14-33-25(26)32/h2-6,12-13,15-16,19H,7-11,14H2,1H3. The SMILES string of the molecule is Cc1cccc(-c2nn(C3CCC4(CCOC4=O)CC3)cc2-c2ccc3nccnc3c2)n1. The van der Waals surface area contributed by atoms with Crippen LogP contribution in [0.4, 0.5) is 0 Å². The molecule has 1 spiro atoms. The molecular formula is C26H25N5O2. The normalized spacial score (nSPS) is 22.7. The Morgan fingerprint density at radius 1 is 1.03 bits per heavy atom. The number of pyridine rings is 1. The van der Waals surface area contributed by atoms with Gasteiger partial charge in [-0.3, -0.25) is 24.4 Å². The van der Waals surface area contributed by atoms with E-state index in [1.165, 1.54) is 0 Å². The number of carbonyl (C=O) groups excluding carboxylic acids is 1. The Morgan fingerprint density at radius 2 is 1.85 bits per heavy atom. The maximum Gasteiger partial charge on any atom is 0.312 e. The van der Waals surface area contributed by atoms with E-state index >= 15 is 0 Å². The molecule has 2 aliphatic rings. The number of carbonyl (C=O) groups is 1. The largest absolute Gasteiger partial charge is 0.465 e. The second-order valence-electron chi connectivity index (χ2n) is 9.19. The van der Waals surface area contributed by atoms with Crippen molar-refractivity contribution in [3.63, 3.8) is 0 Å². The van der Waals surface area contributed by atoms with Crippen LogP contribution in [0.5, 0.6) is 0 Å². The molecular weight excluding hydrogens is 414 g/mol. The molecule has 0 N–H and O–H groups in total. The first-order valence-electron chi connectivity index (χ1n) is 11.5. The van der Waals surface area contributed by atoms with Crippen molar-refractivity contribution in [3.05, 3.63) is 60.7 Å². The Kier molecular flexibility index (Phi) is 4.71. The fourth-order valence-corrected chi connectivity index (χ4v) is 5.25. The van der Waals surface area contributed by atoms with Gasteiger partial charge in [-0.15, -0.1) is 0 Å². The number of hydrogen-bond acceptors (Lipinski definition) is 6. The van der Waals surface area contributed by atoms with E-state index in [4.69, 9.17) is 14.8 Å². The number of rotatable bonds is 3. The lowest BCUT2D eigenvalue weighted by molar-refractivity contribution is -0.148. The molecule has 4 heterocycles. The number of aromatic nitrogens is 5. The van der Waals surface area contributed by atoms with Gasteiger partial charge in [0.15, 0.2) is 0 Å². The van der Waals surface area contributed by atoms with Crippen LogP contribution in [-0.4, -0.2) is 37.3 Å². The molecule has 7 nitrogen and oxygen atoms in total. The Balaban J connectivity index is 1.40. The molecule has 0 radical (unpaired) electrons. The van der Waals surface area contributed by atoms with Gasteiger partial charge in [0, 0.05) is 29.8 Å². The third kappa shape index (κ3) is 3.48. The zero-order chi connectivity index (χ0) is 22.4. The molecule has 7 heteroatoms. The average Bonchev–Trinajstić information content (AvgIpc) is 3.44. The number of nitrogens with zero attached hydrogens (tertiary/aromatic N) is 5. The van der Waals surface area contributed by atoms with Crippen LogP contribution in [0.15, 0.2) is 55.0 Å². The average molecular weight is 440 g/mol. The van der Waals surface area contributed by atoms with Gasteiger partial charge < -0.3 is 4.74 Å². The number of benzene rings is 1. The Bertz CT molecular complexity index is 1350. The van der Waals surface area contributed by atoms with Crippen molar-refractivity contribution in [1.29, 1.82) is 0 Å². The van der Waals surface area contributed by atoms with Crippen LogP contribution >= 0.6 is 0 Å². The summed E-state index contributed by atoms with van der Waals surface area (Å²) in [4.78, 5) is 25.9. The summed E-state index contributed by atoms with van der Waals surface area (Å²) in [5, 5.41) is 5.04. The summed E-state index contributed by atoms with van der Waals surface area (Å²) in [6.07, 6.45) is 9.94. The lowest BCUT2D eigenvalue weighted by Gasteiger charge is -2.33. The van der Waals surface area contributed by atoms with E-state index in [0.717, 1.165) is 71.3 Å². The number of cyclic esters (lactones) is 1. The minimum atomic E-state index is -0.273. The molecule has 0 unspecified atom stereocenters. The van der Waals surface area contributed by atoms with Crippen LogP contribution in [-0.2, 0) is 9.53 Å². The maximum atomic E-state index is 12.3. The third-order valence-electron chi connectivity index (χ3n) is 7.18. The van der Waals surface area contributed by atoms with Crippen LogP contribution in [0, 0.1) is 12.3 Å². The summed E-state index contributed by atoms with van der Waals surface area (Å²) < 4.78 is 7.38. The van der Waals surface area contributed by atoms with E-state index in [2.05, 4.69) is 33.0 Å². The molecule has 0 bridgehead atoms. The van der Waals surface area contributed by atoms with Crippen molar-refractivity contribution >= 4 is 17.0 Å². The molecule has 1 aliphatic heterocycles. The molecule has 0 amide bonds. The molecule has 1 saturated heterocycles. The number of ether oxygens (including phenoxy) is 1. The van der Waals surface area contributed by atoms with E-state index in [9.17, 15) is 4.79 Å². The predicted molar refractivity (Wildman–Crippen MR) is 124 cm³/mol. The summed E-state index contributed by atoms with van der Waals surface area (Å²) >= 11 is 0. The van der Waals surface area contributed by atoms with E-state index in [1.807, 2.05) is 31.2 Å². The molecule has 166 valence electrons. The molecule has 4 aromatic rings. The van der Waals surface area contributed by atoms with Gasteiger partial charge in [0.25, 0.3) is 0 Å². The van der Waals surface area contributed by atoms with Crippen LogP contribution in [0.2, 0.25) is 0 Å². The molecule has 3 aromatic heterocycles. The van der Waals surface area contributed by atoms with Gasteiger partial charge in [0.05, 0.1) is 34.8 Å². The highest BCUT2D eigenvalue weighted by molar-refractivity contribution is 5.86. The molecule has 2 fully saturated rings. The second-order valence-corrected chi connectivity index (χ2v) is 9.19. The first-order valence-corrected chi connectivity index (χ1v) is 11.5. The lowest BCUT2D eigenvalue weighted by atomic mass is 9.71. The first-order chi connectivity index (χ1) is 16.1. The lowest BCUT2D eigenvalue weighted by Crippen LogP contribution is -2.32. The number of fused-ring (bicyclic) bond motifs is 1. The quantitative estimate of drug-likeness (QED) is 0.422. The summed E-state index contributed by atoms with van der Waals surface area (Å²) in [5.41, 5.74) is 6.19. The summed E-state index contributed by atoms with van der Waals surface area (Å²) in [6.45, 7) is 2.55. The van der Waals surface area contributed by atoms with E-state index in [-0.39, 0.29) is 17.4 Å². The molecule has 33 heavy (non-hydrogen) atoms. The van der Waals surface area contributed by atoms with Crippen LogP contribution in [0.25, 0.3) is 33.5 Å². The molecule has 1 saturated carbocycles. The van der Waals surface area contributed by atoms with Gasteiger partial charge in [0.1, 0.15) is 5.69 Å². The second kappa shape index (κ2) is 7.76. The number of hydrogen-bond donors (Lipinski definition) is 0. The van der Waals surface area contributed by atoms with E-state index in [1.54, 1.807) is 12.4 Å². The van der Waals surface area contributed by atoms with Crippen LogP contribution < -0.4 is 0 Å². The van der Waals surface area contributed by atoms with Gasteiger partial charge in [0.2, 0.25) is 0 Å². The topological polar surface area (TPSA) is 82.8 Å². The Labute approximate surface area is 191 Å². The van der Waals surface area contributed by atoms with E-state index in [0.29, 0.717) is 6.61 Å². The zero-order valence-corrected chi connectivity index (χ0v) is 18.6. The van der Waals surface area contributed by atoms with Crippen LogP contribution in [0.1, 0.15) is 43.8 Å². The summed E-state index contributed by atoms with van der Waals surface area (Å²) in [6, 6.07) is 12.4. The van der Waals surface area contributed by atoms with E-state index < -0.39 is 0 Å². The van der Waals surface area contributed by atoms with Crippen molar-refractivity contribution < 1.29 is 9.53 Å². The number of aryl methyl sites for hydroxylation is 1. The monoisotopic (exact) mass is 439 g/mol. The Morgan fingerprint density at radius 3 is 2.61 bits per heavy atom. The highest BCUT2D eigenvalue weighted by Crippen LogP contribution is 2.47. The minimum Gasteiger partial charge on any atom is -0.465 e. The molecule has 1 aromatic carbocycles. The van der Waals surface area contributed by atoms with Crippen molar-refractivity contribution in [2.45, 2.75) is 45.1 Å². The van der Waals surface area contributed by atoms with Gasteiger partial charge in [-0.05, 0) is 68.9 Å². The van der Waals surface area contributed by atoms with Gasteiger partial charge in [-0.2, -0.15) is 5.10 Å². The van der Waals surface area contributed by atoms with Crippen molar-refractivity contribution in [2.75, 3.05) is 6.61 Å². The smallest absolute Gasteiger partial charge is 0.312 e. The fourth-order valence-electron chi connectivity index (χ4n) is 5.25.